The Labute approximate surface area is 110 Å². The number of aliphatic hydroxyl groups is 1. The summed E-state index contributed by atoms with van der Waals surface area (Å²) in [5.41, 5.74) is 5.83. The van der Waals surface area contributed by atoms with Gasteiger partial charge in [0, 0.05) is 13.2 Å². The smallest absolute Gasteiger partial charge is 0.344 e. The second kappa shape index (κ2) is 6.01. The molecule has 0 aliphatic rings. The van der Waals surface area contributed by atoms with Crippen LogP contribution in [0.1, 0.15) is 30.6 Å². The van der Waals surface area contributed by atoms with Gasteiger partial charge in [0.15, 0.2) is 5.82 Å². The molecule has 1 aromatic heterocycles. The lowest BCUT2D eigenvalue weighted by Gasteiger charge is -2.24. The summed E-state index contributed by atoms with van der Waals surface area (Å²) in [5.74, 6) is -0.321. The van der Waals surface area contributed by atoms with Crippen LogP contribution in [0.15, 0.2) is 0 Å². The number of anilines is 2. The van der Waals surface area contributed by atoms with Gasteiger partial charge in [-0.25, -0.2) is 4.79 Å². The van der Waals surface area contributed by atoms with Gasteiger partial charge in [-0.1, -0.05) is 13.8 Å². The van der Waals surface area contributed by atoms with Crippen LogP contribution in [-0.2, 0) is 4.74 Å². The molecule has 1 heterocycles. The Balaban J connectivity index is 2.77. The Morgan fingerprint density at radius 1 is 1.61 bits per heavy atom. The third kappa shape index (κ3) is 3.58. The average Bonchev–Trinajstić information content (AvgIpc) is 2.67. The Kier molecular flexibility index (Phi) is 4.92. The van der Waals surface area contributed by atoms with Crippen molar-refractivity contribution in [3.63, 3.8) is 0 Å². The highest BCUT2D eigenvalue weighted by Gasteiger charge is 2.22. The highest BCUT2D eigenvalue weighted by molar-refractivity contribution is 7.11. The predicted octanol–water partition coefficient (Wildman–Crippen LogP) is 1.33. The lowest BCUT2D eigenvalue weighted by molar-refractivity contribution is 0.0603. The van der Waals surface area contributed by atoms with Crippen molar-refractivity contribution < 1.29 is 14.6 Å². The second-order valence-electron chi connectivity index (χ2n) is 4.75. The van der Waals surface area contributed by atoms with E-state index in [1.807, 2.05) is 13.8 Å². The molecule has 0 saturated heterocycles. The zero-order valence-corrected chi connectivity index (χ0v) is 11.6. The van der Waals surface area contributed by atoms with Gasteiger partial charge in [0.1, 0.15) is 10.6 Å². The fourth-order valence-corrected chi connectivity index (χ4v) is 2.13. The van der Waals surface area contributed by atoms with E-state index in [-0.39, 0.29) is 23.4 Å². The van der Waals surface area contributed by atoms with Crippen LogP contribution >= 0.6 is 11.5 Å². The molecule has 0 saturated carbocycles. The van der Waals surface area contributed by atoms with Crippen molar-refractivity contribution in [2.24, 2.45) is 5.41 Å². The molecule has 0 aliphatic heterocycles. The molecule has 0 fully saturated rings. The van der Waals surface area contributed by atoms with Crippen molar-refractivity contribution in [3.8, 4) is 0 Å². The van der Waals surface area contributed by atoms with Crippen LogP contribution in [0.5, 0.6) is 0 Å². The number of hydrogen-bond donors (Lipinski definition) is 3. The summed E-state index contributed by atoms with van der Waals surface area (Å²) in [6.45, 7) is 4.79. The number of aliphatic hydroxyl groups excluding tert-OH is 1. The number of carbonyl (C=O) groups is 1. The number of nitrogens with zero attached hydrogens (tertiary/aromatic N) is 1. The second-order valence-corrected chi connectivity index (χ2v) is 5.53. The van der Waals surface area contributed by atoms with Gasteiger partial charge in [-0.2, -0.15) is 4.37 Å². The molecule has 0 aromatic carbocycles. The van der Waals surface area contributed by atoms with Crippen LogP contribution in [0.3, 0.4) is 0 Å². The molecule has 7 heteroatoms. The van der Waals surface area contributed by atoms with E-state index in [1.54, 1.807) is 0 Å². The molecule has 0 amide bonds. The quantitative estimate of drug-likeness (QED) is 0.677. The number of carbonyl (C=O) groups excluding carboxylic acids is 1. The molecule has 0 unspecified atom stereocenters. The Morgan fingerprint density at radius 3 is 2.83 bits per heavy atom. The molecule has 1 rings (SSSR count). The first-order valence-electron chi connectivity index (χ1n) is 5.59. The lowest BCUT2D eigenvalue weighted by Crippen LogP contribution is -2.24. The SMILES string of the molecule is COC(=O)c1c(N)nsc1NCC(C)(C)CCO. The first-order valence-corrected chi connectivity index (χ1v) is 6.37. The zero-order chi connectivity index (χ0) is 13.8. The molecular weight excluding hydrogens is 254 g/mol. The minimum Gasteiger partial charge on any atom is -0.465 e. The van der Waals surface area contributed by atoms with Gasteiger partial charge in [0.25, 0.3) is 0 Å². The summed E-state index contributed by atoms with van der Waals surface area (Å²) >= 11 is 1.13. The molecule has 4 N–H and O–H groups in total. The molecule has 18 heavy (non-hydrogen) atoms. The van der Waals surface area contributed by atoms with Crippen LogP contribution in [-0.4, -0.2) is 35.7 Å². The normalized spacial score (nSPS) is 11.3. The maximum absolute atomic E-state index is 11.6. The van der Waals surface area contributed by atoms with Crippen molar-refractivity contribution >= 4 is 28.3 Å². The molecule has 0 bridgehead atoms. The van der Waals surface area contributed by atoms with E-state index in [4.69, 9.17) is 10.8 Å². The van der Waals surface area contributed by atoms with E-state index >= 15 is 0 Å². The molecule has 0 spiro atoms. The number of nitrogens with one attached hydrogen (secondary N) is 1. The minimum absolute atomic E-state index is 0.0824. The first-order chi connectivity index (χ1) is 8.41. The summed E-state index contributed by atoms with van der Waals surface area (Å²) in [4.78, 5) is 11.6. The molecule has 1 aromatic rings. The minimum atomic E-state index is -0.497. The van der Waals surface area contributed by atoms with Gasteiger partial charge in [0.2, 0.25) is 0 Å². The Hall–Kier alpha value is -1.34. The Morgan fingerprint density at radius 2 is 2.28 bits per heavy atom. The summed E-state index contributed by atoms with van der Waals surface area (Å²) < 4.78 is 8.60. The molecule has 0 radical (unpaired) electrons. The number of methoxy groups -OCH3 is 1. The number of nitrogens with two attached hydrogens (primary N) is 1. The van der Waals surface area contributed by atoms with Crippen molar-refractivity contribution in [3.05, 3.63) is 5.56 Å². The third-order valence-corrected chi connectivity index (χ3v) is 3.44. The highest BCUT2D eigenvalue weighted by Crippen LogP contribution is 2.29. The molecule has 102 valence electrons. The maximum atomic E-state index is 11.6. The summed E-state index contributed by atoms with van der Waals surface area (Å²) in [7, 11) is 1.30. The van der Waals surface area contributed by atoms with Crippen LogP contribution in [0, 0.1) is 5.41 Å². The van der Waals surface area contributed by atoms with E-state index in [0.717, 1.165) is 11.5 Å². The van der Waals surface area contributed by atoms with E-state index in [2.05, 4.69) is 14.4 Å². The van der Waals surface area contributed by atoms with E-state index in [0.29, 0.717) is 18.0 Å². The van der Waals surface area contributed by atoms with Crippen molar-refractivity contribution in [1.29, 1.82) is 0 Å². The van der Waals surface area contributed by atoms with Gasteiger partial charge >= 0.3 is 5.97 Å². The molecule has 0 aliphatic carbocycles. The fourth-order valence-electron chi connectivity index (χ4n) is 1.43. The van der Waals surface area contributed by atoms with Crippen molar-refractivity contribution in [1.82, 2.24) is 4.37 Å². The molecule has 0 atom stereocenters. The summed E-state index contributed by atoms with van der Waals surface area (Å²) in [5, 5.41) is 12.7. The number of esters is 1. The molecular formula is C11H19N3O3S. The van der Waals surface area contributed by atoms with E-state index in [1.165, 1.54) is 7.11 Å². The van der Waals surface area contributed by atoms with Gasteiger partial charge in [-0.3, -0.25) is 0 Å². The highest BCUT2D eigenvalue weighted by atomic mass is 32.1. The van der Waals surface area contributed by atoms with Crippen LogP contribution in [0.4, 0.5) is 10.8 Å². The van der Waals surface area contributed by atoms with Crippen LogP contribution in [0.25, 0.3) is 0 Å². The first kappa shape index (κ1) is 14.7. The number of aromatic nitrogens is 1. The van der Waals surface area contributed by atoms with Gasteiger partial charge in [-0.05, 0) is 23.4 Å². The third-order valence-electron chi connectivity index (χ3n) is 2.62. The predicted molar refractivity (Wildman–Crippen MR) is 71.8 cm³/mol. The average molecular weight is 273 g/mol. The largest absolute Gasteiger partial charge is 0.465 e. The topological polar surface area (TPSA) is 97.5 Å². The van der Waals surface area contributed by atoms with Gasteiger partial charge in [-0.15, -0.1) is 0 Å². The van der Waals surface area contributed by atoms with Crippen molar-refractivity contribution in [2.45, 2.75) is 20.3 Å². The molecule has 6 nitrogen and oxygen atoms in total. The van der Waals surface area contributed by atoms with Gasteiger partial charge < -0.3 is 20.9 Å². The maximum Gasteiger partial charge on any atom is 0.344 e. The van der Waals surface area contributed by atoms with Crippen molar-refractivity contribution in [2.75, 3.05) is 31.3 Å². The van der Waals surface area contributed by atoms with Crippen LogP contribution < -0.4 is 11.1 Å². The van der Waals surface area contributed by atoms with Gasteiger partial charge in [0.05, 0.1) is 7.11 Å². The summed E-state index contributed by atoms with van der Waals surface area (Å²) in [6, 6.07) is 0. The van der Waals surface area contributed by atoms with E-state index in [9.17, 15) is 4.79 Å². The number of hydrogen-bond acceptors (Lipinski definition) is 7. The summed E-state index contributed by atoms with van der Waals surface area (Å²) in [6.07, 6.45) is 0.668. The monoisotopic (exact) mass is 273 g/mol. The fraction of sp³-hybridized carbons (Fsp3) is 0.636. The Bertz CT molecular complexity index is 418. The zero-order valence-electron chi connectivity index (χ0n) is 10.8. The van der Waals surface area contributed by atoms with Crippen LogP contribution in [0.2, 0.25) is 0 Å². The lowest BCUT2D eigenvalue weighted by atomic mass is 9.90. The standard InChI is InChI=1S/C11H19N3O3S/c1-11(2,4-5-15)6-13-9-7(10(16)17-3)8(12)14-18-9/h13,15H,4-6H2,1-3H3,(H2,12,14). The van der Waals surface area contributed by atoms with E-state index < -0.39 is 5.97 Å². The number of ether oxygens (including phenoxy) is 1. The number of nitrogen functional groups attached to an aromatic ring is 1. The number of rotatable bonds is 6.